The molecular weight excluding hydrogens is 202 g/mol. The standard InChI is InChI=1S/C13H21NS/c1-10(2)8-15-9-13(14)12-7-5-4-6-11(12)3/h4-7,10,13H,8-9,14H2,1-3H3. The highest BCUT2D eigenvalue weighted by Crippen LogP contribution is 2.20. The van der Waals surface area contributed by atoms with Crippen LogP contribution >= 0.6 is 11.8 Å². The van der Waals surface area contributed by atoms with Gasteiger partial charge in [0.1, 0.15) is 0 Å². The van der Waals surface area contributed by atoms with Crippen LogP contribution in [0.15, 0.2) is 24.3 Å². The van der Waals surface area contributed by atoms with Crippen molar-refractivity contribution >= 4 is 11.8 Å². The molecule has 0 aliphatic carbocycles. The molecule has 0 saturated heterocycles. The molecule has 0 heterocycles. The molecule has 0 fully saturated rings. The summed E-state index contributed by atoms with van der Waals surface area (Å²) in [6.45, 7) is 6.61. The van der Waals surface area contributed by atoms with Gasteiger partial charge in [0, 0.05) is 11.8 Å². The van der Waals surface area contributed by atoms with Crippen molar-refractivity contribution < 1.29 is 0 Å². The number of benzene rings is 1. The van der Waals surface area contributed by atoms with E-state index in [1.807, 2.05) is 11.8 Å². The summed E-state index contributed by atoms with van der Waals surface area (Å²) >= 11 is 1.95. The molecule has 1 atom stereocenters. The summed E-state index contributed by atoms with van der Waals surface area (Å²) in [5.74, 6) is 2.96. The van der Waals surface area contributed by atoms with E-state index in [0.717, 1.165) is 11.7 Å². The van der Waals surface area contributed by atoms with E-state index in [-0.39, 0.29) is 6.04 Å². The maximum atomic E-state index is 6.16. The first kappa shape index (κ1) is 12.6. The van der Waals surface area contributed by atoms with Gasteiger partial charge in [0.25, 0.3) is 0 Å². The average Bonchev–Trinajstić information content (AvgIpc) is 2.17. The summed E-state index contributed by atoms with van der Waals surface area (Å²) in [5.41, 5.74) is 8.75. The van der Waals surface area contributed by atoms with Crippen LogP contribution in [0.4, 0.5) is 0 Å². The number of nitrogens with two attached hydrogens (primary N) is 1. The van der Waals surface area contributed by atoms with Crippen LogP contribution in [-0.4, -0.2) is 11.5 Å². The highest BCUT2D eigenvalue weighted by molar-refractivity contribution is 7.99. The van der Waals surface area contributed by atoms with Crippen molar-refractivity contribution in [2.75, 3.05) is 11.5 Å². The van der Waals surface area contributed by atoms with Crippen LogP contribution in [0.1, 0.15) is 31.0 Å². The predicted octanol–water partition coefficient (Wildman–Crippen LogP) is 3.38. The Morgan fingerprint density at radius 2 is 1.87 bits per heavy atom. The predicted molar refractivity (Wildman–Crippen MR) is 70.3 cm³/mol. The van der Waals surface area contributed by atoms with Gasteiger partial charge in [0.05, 0.1) is 0 Å². The molecule has 1 aromatic carbocycles. The Bertz CT molecular complexity index is 296. The Kier molecular flexibility index (Phi) is 5.20. The molecule has 1 unspecified atom stereocenters. The molecule has 0 bridgehead atoms. The molecule has 1 rings (SSSR count). The van der Waals surface area contributed by atoms with Gasteiger partial charge >= 0.3 is 0 Å². The molecule has 15 heavy (non-hydrogen) atoms. The first-order valence-corrected chi connectivity index (χ1v) is 6.65. The summed E-state index contributed by atoms with van der Waals surface area (Å²) in [6.07, 6.45) is 0. The maximum Gasteiger partial charge on any atom is 0.0389 e. The van der Waals surface area contributed by atoms with Crippen molar-refractivity contribution in [2.24, 2.45) is 11.7 Å². The van der Waals surface area contributed by atoms with E-state index in [1.165, 1.54) is 16.9 Å². The molecule has 0 aliphatic heterocycles. The monoisotopic (exact) mass is 223 g/mol. The molecule has 0 radical (unpaired) electrons. The molecule has 1 nitrogen and oxygen atoms in total. The van der Waals surface area contributed by atoms with E-state index >= 15 is 0 Å². The lowest BCUT2D eigenvalue weighted by molar-refractivity contribution is 0.746. The van der Waals surface area contributed by atoms with Gasteiger partial charge < -0.3 is 5.73 Å². The van der Waals surface area contributed by atoms with Crippen molar-refractivity contribution in [3.63, 3.8) is 0 Å². The molecule has 1 aromatic rings. The number of aryl methyl sites for hydroxylation is 1. The quantitative estimate of drug-likeness (QED) is 0.828. The third-order valence-electron chi connectivity index (χ3n) is 2.34. The van der Waals surface area contributed by atoms with Crippen LogP contribution < -0.4 is 5.73 Å². The average molecular weight is 223 g/mol. The summed E-state index contributed by atoms with van der Waals surface area (Å²) < 4.78 is 0. The highest BCUT2D eigenvalue weighted by Gasteiger charge is 2.08. The number of rotatable bonds is 5. The third-order valence-corrected chi connectivity index (χ3v) is 3.83. The molecule has 0 aliphatic rings. The van der Waals surface area contributed by atoms with Crippen LogP contribution in [0, 0.1) is 12.8 Å². The van der Waals surface area contributed by atoms with Crippen LogP contribution in [0.3, 0.4) is 0 Å². The molecule has 2 heteroatoms. The van der Waals surface area contributed by atoms with Gasteiger partial charge in [-0.3, -0.25) is 0 Å². The minimum absolute atomic E-state index is 0.176. The lowest BCUT2D eigenvalue weighted by Crippen LogP contribution is -2.15. The van der Waals surface area contributed by atoms with Gasteiger partial charge in [-0.1, -0.05) is 38.1 Å². The number of hydrogen-bond acceptors (Lipinski definition) is 2. The van der Waals surface area contributed by atoms with E-state index in [9.17, 15) is 0 Å². The number of hydrogen-bond donors (Lipinski definition) is 1. The van der Waals surface area contributed by atoms with Crippen molar-refractivity contribution in [2.45, 2.75) is 26.8 Å². The zero-order valence-electron chi connectivity index (χ0n) is 9.86. The zero-order chi connectivity index (χ0) is 11.3. The fraction of sp³-hybridized carbons (Fsp3) is 0.538. The summed E-state index contributed by atoms with van der Waals surface area (Å²) in [5, 5.41) is 0. The SMILES string of the molecule is Cc1ccccc1C(N)CSCC(C)C. The third kappa shape index (κ3) is 4.27. The van der Waals surface area contributed by atoms with Gasteiger partial charge in [0.15, 0.2) is 0 Å². The molecule has 0 amide bonds. The van der Waals surface area contributed by atoms with E-state index in [0.29, 0.717) is 0 Å². The fourth-order valence-corrected chi connectivity index (χ4v) is 2.56. The normalized spacial score (nSPS) is 13.1. The Balaban J connectivity index is 2.47. The Morgan fingerprint density at radius 1 is 1.20 bits per heavy atom. The smallest absolute Gasteiger partial charge is 0.0389 e. The van der Waals surface area contributed by atoms with Crippen molar-refractivity contribution in [1.82, 2.24) is 0 Å². The van der Waals surface area contributed by atoms with Gasteiger partial charge in [-0.2, -0.15) is 11.8 Å². The van der Waals surface area contributed by atoms with Crippen molar-refractivity contribution in [3.05, 3.63) is 35.4 Å². The van der Waals surface area contributed by atoms with Gasteiger partial charge in [0.2, 0.25) is 0 Å². The Hall–Kier alpha value is -0.470. The molecule has 0 aromatic heterocycles. The minimum Gasteiger partial charge on any atom is -0.323 e. The van der Waals surface area contributed by atoms with Crippen LogP contribution in [0.2, 0.25) is 0 Å². The Morgan fingerprint density at radius 3 is 2.47 bits per heavy atom. The highest BCUT2D eigenvalue weighted by atomic mass is 32.2. The largest absolute Gasteiger partial charge is 0.323 e. The maximum absolute atomic E-state index is 6.16. The Labute approximate surface area is 97.4 Å². The van der Waals surface area contributed by atoms with Gasteiger partial charge in [-0.15, -0.1) is 0 Å². The lowest BCUT2D eigenvalue weighted by atomic mass is 10.0. The first-order chi connectivity index (χ1) is 7.11. The van der Waals surface area contributed by atoms with E-state index in [1.54, 1.807) is 0 Å². The van der Waals surface area contributed by atoms with Gasteiger partial charge in [-0.25, -0.2) is 0 Å². The second-order valence-corrected chi connectivity index (χ2v) is 5.47. The second-order valence-electron chi connectivity index (χ2n) is 4.39. The van der Waals surface area contributed by atoms with E-state index in [2.05, 4.69) is 45.0 Å². The van der Waals surface area contributed by atoms with E-state index < -0.39 is 0 Å². The minimum atomic E-state index is 0.176. The van der Waals surface area contributed by atoms with Crippen molar-refractivity contribution in [1.29, 1.82) is 0 Å². The van der Waals surface area contributed by atoms with Crippen LogP contribution in [0.25, 0.3) is 0 Å². The topological polar surface area (TPSA) is 26.0 Å². The molecule has 0 spiro atoms. The van der Waals surface area contributed by atoms with Crippen LogP contribution in [-0.2, 0) is 0 Å². The second kappa shape index (κ2) is 6.19. The lowest BCUT2D eigenvalue weighted by Gasteiger charge is -2.14. The summed E-state index contributed by atoms with van der Waals surface area (Å²) in [6, 6.07) is 8.57. The summed E-state index contributed by atoms with van der Waals surface area (Å²) in [4.78, 5) is 0. The fourth-order valence-electron chi connectivity index (χ4n) is 1.52. The van der Waals surface area contributed by atoms with Crippen molar-refractivity contribution in [3.8, 4) is 0 Å². The molecular formula is C13H21NS. The summed E-state index contributed by atoms with van der Waals surface area (Å²) in [7, 11) is 0. The van der Waals surface area contributed by atoms with E-state index in [4.69, 9.17) is 5.73 Å². The molecule has 2 N–H and O–H groups in total. The van der Waals surface area contributed by atoms with Gasteiger partial charge in [-0.05, 0) is 29.7 Å². The van der Waals surface area contributed by atoms with Crippen LogP contribution in [0.5, 0.6) is 0 Å². The first-order valence-electron chi connectivity index (χ1n) is 5.50. The molecule has 84 valence electrons. The zero-order valence-corrected chi connectivity index (χ0v) is 10.7. The number of thioether (sulfide) groups is 1. The molecule has 0 saturated carbocycles.